The number of rotatable bonds is 5. The third kappa shape index (κ3) is 3.68. The zero-order chi connectivity index (χ0) is 15.6. The molecule has 0 unspecified atom stereocenters. The van der Waals surface area contributed by atoms with Gasteiger partial charge in [-0.05, 0) is 47.5 Å². The van der Waals surface area contributed by atoms with Gasteiger partial charge in [-0.15, -0.1) is 11.3 Å². The molecule has 2 rings (SSSR count). The van der Waals surface area contributed by atoms with Crippen molar-refractivity contribution < 1.29 is 12.8 Å². The predicted molar refractivity (Wildman–Crippen MR) is 82.1 cm³/mol. The topological polar surface area (TPSA) is 72.2 Å². The summed E-state index contributed by atoms with van der Waals surface area (Å²) in [6.45, 7) is 3.75. The van der Waals surface area contributed by atoms with Crippen LogP contribution in [0.5, 0.6) is 0 Å². The van der Waals surface area contributed by atoms with E-state index in [-0.39, 0.29) is 16.6 Å². The van der Waals surface area contributed by atoms with Crippen molar-refractivity contribution in [3.63, 3.8) is 0 Å². The summed E-state index contributed by atoms with van der Waals surface area (Å²) in [5.41, 5.74) is 8.00. The summed E-state index contributed by atoms with van der Waals surface area (Å²) in [4.78, 5) is 0. The number of halogens is 1. The van der Waals surface area contributed by atoms with E-state index in [0.717, 1.165) is 22.5 Å². The SMILES string of the molecule is Cc1cc(CNS(=O)(=O)c2cc(CN)cs2)cc(C)c1F. The number of aryl methyl sites for hydroxylation is 2. The molecule has 0 spiro atoms. The van der Waals surface area contributed by atoms with E-state index in [1.165, 1.54) is 0 Å². The lowest BCUT2D eigenvalue weighted by Gasteiger charge is -2.08. The molecule has 0 fully saturated rings. The molecule has 0 saturated carbocycles. The molecule has 7 heteroatoms. The van der Waals surface area contributed by atoms with Gasteiger partial charge in [0.2, 0.25) is 10.0 Å². The van der Waals surface area contributed by atoms with E-state index < -0.39 is 10.0 Å². The molecule has 1 heterocycles. The maximum atomic E-state index is 13.5. The summed E-state index contributed by atoms with van der Waals surface area (Å²) in [6.07, 6.45) is 0. The highest BCUT2D eigenvalue weighted by Gasteiger charge is 2.16. The average Bonchev–Trinajstić information content (AvgIpc) is 2.92. The van der Waals surface area contributed by atoms with Gasteiger partial charge in [0.15, 0.2) is 0 Å². The van der Waals surface area contributed by atoms with Crippen LogP contribution in [0.1, 0.15) is 22.3 Å². The third-order valence-corrected chi connectivity index (χ3v) is 5.98. The maximum absolute atomic E-state index is 13.5. The highest BCUT2D eigenvalue weighted by molar-refractivity contribution is 7.91. The Morgan fingerprint density at radius 1 is 1.19 bits per heavy atom. The van der Waals surface area contributed by atoms with Crippen LogP contribution < -0.4 is 10.5 Å². The predicted octanol–water partition coefficient (Wildman–Crippen LogP) is 2.44. The largest absolute Gasteiger partial charge is 0.326 e. The van der Waals surface area contributed by atoms with Crippen molar-refractivity contribution in [2.24, 2.45) is 5.73 Å². The number of thiophene rings is 1. The lowest BCUT2D eigenvalue weighted by atomic mass is 10.1. The lowest BCUT2D eigenvalue weighted by molar-refractivity contribution is 0.583. The normalized spacial score (nSPS) is 11.8. The van der Waals surface area contributed by atoms with Crippen molar-refractivity contribution in [2.75, 3.05) is 0 Å². The lowest BCUT2D eigenvalue weighted by Crippen LogP contribution is -2.22. The van der Waals surface area contributed by atoms with E-state index in [0.29, 0.717) is 17.7 Å². The second-order valence-corrected chi connectivity index (χ2v) is 7.75. The van der Waals surface area contributed by atoms with Crippen LogP contribution >= 0.6 is 11.3 Å². The first-order valence-corrected chi connectivity index (χ1v) is 8.72. The van der Waals surface area contributed by atoms with Crippen molar-refractivity contribution in [3.05, 3.63) is 51.7 Å². The molecule has 4 nitrogen and oxygen atoms in total. The Labute approximate surface area is 127 Å². The average molecular weight is 328 g/mol. The number of sulfonamides is 1. The molecule has 114 valence electrons. The third-order valence-electron chi connectivity index (χ3n) is 3.09. The Morgan fingerprint density at radius 2 is 1.81 bits per heavy atom. The van der Waals surface area contributed by atoms with Gasteiger partial charge < -0.3 is 5.73 Å². The fourth-order valence-corrected chi connectivity index (χ4v) is 4.27. The van der Waals surface area contributed by atoms with Crippen molar-refractivity contribution >= 4 is 21.4 Å². The minimum atomic E-state index is -3.56. The zero-order valence-electron chi connectivity index (χ0n) is 11.8. The Hall–Kier alpha value is -1.28. The van der Waals surface area contributed by atoms with Crippen molar-refractivity contribution in [1.29, 1.82) is 0 Å². The molecule has 0 aliphatic rings. The monoisotopic (exact) mass is 328 g/mol. The van der Waals surface area contributed by atoms with Gasteiger partial charge in [-0.2, -0.15) is 0 Å². The van der Waals surface area contributed by atoms with Crippen LogP contribution in [-0.2, 0) is 23.1 Å². The van der Waals surface area contributed by atoms with Crippen molar-refractivity contribution in [2.45, 2.75) is 31.1 Å². The van der Waals surface area contributed by atoms with Crippen LogP contribution in [-0.4, -0.2) is 8.42 Å². The van der Waals surface area contributed by atoms with Gasteiger partial charge in [0, 0.05) is 13.1 Å². The number of hydrogen-bond acceptors (Lipinski definition) is 4. The van der Waals surface area contributed by atoms with E-state index in [9.17, 15) is 12.8 Å². The summed E-state index contributed by atoms with van der Waals surface area (Å²) in [6, 6.07) is 4.85. The molecule has 2 aromatic rings. The standard InChI is InChI=1S/C14H17FN2O2S2/c1-9-3-11(4-10(2)14(9)15)7-17-21(18,19)13-5-12(6-16)8-20-13/h3-5,8,17H,6-7,16H2,1-2H3. The van der Waals surface area contributed by atoms with Gasteiger partial charge in [-0.1, -0.05) is 12.1 Å². The second kappa shape index (κ2) is 6.23. The number of benzene rings is 1. The Morgan fingerprint density at radius 3 is 2.33 bits per heavy atom. The fourth-order valence-electron chi connectivity index (χ4n) is 1.99. The van der Waals surface area contributed by atoms with Gasteiger partial charge in [0.25, 0.3) is 0 Å². The molecule has 0 atom stereocenters. The smallest absolute Gasteiger partial charge is 0.250 e. The van der Waals surface area contributed by atoms with E-state index in [4.69, 9.17) is 5.73 Å². The molecule has 21 heavy (non-hydrogen) atoms. The van der Waals surface area contributed by atoms with Crippen LogP contribution in [0.3, 0.4) is 0 Å². The molecule has 0 bridgehead atoms. The van der Waals surface area contributed by atoms with E-state index in [2.05, 4.69) is 4.72 Å². The van der Waals surface area contributed by atoms with Gasteiger partial charge in [-0.25, -0.2) is 17.5 Å². The molecule has 0 saturated heterocycles. The summed E-state index contributed by atoms with van der Waals surface area (Å²) < 4.78 is 40.6. The highest BCUT2D eigenvalue weighted by Crippen LogP contribution is 2.20. The summed E-state index contributed by atoms with van der Waals surface area (Å²) >= 11 is 1.13. The zero-order valence-corrected chi connectivity index (χ0v) is 13.4. The molecule has 0 amide bonds. The van der Waals surface area contributed by atoms with E-state index in [1.807, 2.05) is 0 Å². The van der Waals surface area contributed by atoms with Gasteiger partial charge in [0.1, 0.15) is 10.0 Å². The van der Waals surface area contributed by atoms with Gasteiger partial charge >= 0.3 is 0 Å². The quantitative estimate of drug-likeness (QED) is 0.885. The first-order chi connectivity index (χ1) is 9.83. The fraction of sp³-hybridized carbons (Fsp3) is 0.286. The van der Waals surface area contributed by atoms with Crippen LogP contribution in [0.15, 0.2) is 27.8 Å². The van der Waals surface area contributed by atoms with Crippen LogP contribution in [0.4, 0.5) is 4.39 Å². The molecular weight excluding hydrogens is 311 g/mol. The molecule has 0 radical (unpaired) electrons. The molecule has 3 N–H and O–H groups in total. The summed E-state index contributed by atoms with van der Waals surface area (Å²) in [5, 5.41) is 1.72. The molecule has 1 aromatic heterocycles. The summed E-state index contributed by atoms with van der Waals surface area (Å²) in [7, 11) is -3.56. The maximum Gasteiger partial charge on any atom is 0.250 e. The van der Waals surface area contributed by atoms with Gasteiger partial charge in [-0.3, -0.25) is 0 Å². The van der Waals surface area contributed by atoms with Crippen molar-refractivity contribution in [1.82, 2.24) is 4.72 Å². The Balaban J connectivity index is 2.15. The summed E-state index contributed by atoms with van der Waals surface area (Å²) in [5.74, 6) is -0.257. The number of hydrogen-bond donors (Lipinski definition) is 2. The minimum Gasteiger partial charge on any atom is -0.326 e. The van der Waals surface area contributed by atoms with E-state index in [1.54, 1.807) is 37.4 Å². The van der Waals surface area contributed by atoms with E-state index >= 15 is 0 Å². The van der Waals surface area contributed by atoms with Crippen LogP contribution in [0.25, 0.3) is 0 Å². The highest BCUT2D eigenvalue weighted by atomic mass is 32.2. The number of nitrogens with two attached hydrogens (primary N) is 1. The van der Waals surface area contributed by atoms with Crippen LogP contribution in [0.2, 0.25) is 0 Å². The van der Waals surface area contributed by atoms with Crippen molar-refractivity contribution in [3.8, 4) is 0 Å². The first-order valence-electron chi connectivity index (χ1n) is 6.36. The first kappa shape index (κ1) is 16.1. The number of nitrogens with one attached hydrogen (secondary N) is 1. The Bertz CT molecular complexity index is 731. The Kier molecular flexibility index (Phi) is 4.77. The molecule has 0 aliphatic carbocycles. The van der Waals surface area contributed by atoms with Crippen LogP contribution in [0, 0.1) is 19.7 Å². The van der Waals surface area contributed by atoms with Gasteiger partial charge in [0.05, 0.1) is 0 Å². The minimum absolute atomic E-state index is 0.125. The molecule has 1 aromatic carbocycles. The molecule has 0 aliphatic heterocycles. The molecular formula is C14H17FN2O2S2. The second-order valence-electron chi connectivity index (χ2n) is 4.85.